The molecule has 0 unspecified atom stereocenters. The van der Waals surface area contributed by atoms with Crippen molar-refractivity contribution in [2.75, 3.05) is 0 Å². The maximum absolute atomic E-state index is 14.7. The fraction of sp³-hybridized carbons (Fsp3) is 0.207. The molecule has 42 heavy (non-hydrogen) atoms. The molecule has 0 amide bonds. The molecule has 216 valence electrons. The average molecular weight is 580 g/mol. The highest BCUT2D eigenvalue weighted by molar-refractivity contribution is 5.51. The molecule has 3 aromatic carbocycles. The van der Waals surface area contributed by atoms with Crippen molar-refractivity contribution in [2.24, 2.45) is 5.92 Å². The molecule has 13 heteroatoms. The standard InChI is InChI=1S/C29H25F4N7O2/c1-19(29(42,16-38-18-34-17-35-38)24-11-8-22(30)14-26(24)32)3-2-4-20-5-9-23(10-6-20)40-28(41)39(36-37-40)15-21-7-12-25(31)27(33)13-21/h2,4-14,17-19,42H,3,15-16H2,1H3/b4-2+/t19-,29+/m0/s1. The third-order valence-electron chi connectivity index (χ3n) is 6.98. The van der Waals surface area contributed by atoms with E-state index in [4.69, 9.17) is 0 Å². The van der Waals surface area contributed by atoms with E-state index in [1.807, 2.05) is 6.08 Å². The Morgan fingerprint density at radius 1 is 0.952 bits per heavy atom. The first kappa shape index (κ1) is 28.6. The zero-order valence-corrected chi connectivity index (χ0v) is 22.3. The predicted molar refractivity (Wildman–Crippen MR) is 144 cm³/mol. The molecule has 0 aliphatic rings. The van der Waals surface area contributed by atoms with Crippen molar-refractivity contribution in [1.29, 1.82) is 0 Å². The lowest BCUT2D eigenvalue weighted by Gasteiger charge is -2.34. The summed E-state index contributed by atoms with van der Waals surface area (Å²) in [5, 5.41) is 23.3. The molecule has 2 heterocycles. The summed E-state index contributed by atoms with van der Waals surface area (Å²) in [7, 11) is 0. The SMILES string of the molecule is C[C@@H](C/C=C/c1ccc(-n2nnn(Cc3ccc(F)c(F)c3)c2=O)cc1)[C@](O)(Cn1cncn1)c1ccc(F)cc1F. The molecule has 9 nitrogen and oxygen atoms in total. The van der Waals surface area contributed by atoms with Crippen molar-refractivity contribution < 1.29 is 22.7 Å². The topological polar surface area (TPSA) is 104 Å². The fourth-order valence-corrected chi connectivity index (χ4v) is 4.58. The number of allylic oxidation sites excluding steroid dienone is 1. The zero-order valence-electron chi connectivity index (χ0n) is 22.3. The second kappa shape index (κ2) is 11.9. The van der Waals surface area contributed by atoms with Crippen LogP contribution in [0.25, 0.3) is 11.8 Å². The van der Waals surface area contributed by atoms with Crippen molar-refractivity contribution >= 4 is 6.08 Å². The second-order valence-corrected chi connectivity index (χ2v) is 9.85. The number of hydrogen-bond donors (Lipinski definition) is 1. The van der Waals surface area contributed by atoms with Gasteiger partial charge in [0.25, 0.3) is 0 Å². The Balaban J connectivity index is 1.29. The molecule has 5 rings (SSSR count). The molecular weight excluding hydrogens is 554 g/mol. The molecule has 2 aromatic heterocycles. The van der Waals surface area contributed by atoms with Gasteiger partial charge in [-0.25, -0.2) is 32.0 Å². The number of benzene rings is 3. The minimum Gasteiger partial charge on any atom is -0.383 e. The van der Waals surface area contributed by atoms with Crippen LogP contribution in [0.4, 0.5) is 17.6 Å². The van der Waals surface area contributed by atoms with Gasteiger partial charge in [0, 0.05) is 11.6 Å². The van der Waals surface area contributed by atoms with Gasteiger partial charge in [0.15, 0.2) is 11.6 Å². The van der Waals surface area contributed by atoms with E-state index >= 15 is 0 Å². The van der Waals surface area contributed by atoms with Crippen LogP contribution in [0, 0.1) is 29.2 Å². The largest absolute Gasteiger partial charge is 0.383 e. The van der Waals surface area contributed by atoms with E-state index in [-0.39, 0.29) is 18.7 Å². The summed E-state index contributed by atoms with van der Waals surface area (Å²) in [5.74, 6) is -4.12. The lowest BCUT2D eigenvalue weighted by atomic mass is 9.80. The number of nitrogens with zero attached hydrogens (tertiary/aromatic N) is 7. The highest BCUT2D eigenvalue weighted by Crippen LogP contribution is 2.35. The van der Waals surface area contributed by atoms with E-state index in [0.29, 0.717) is 17.7 Å². The van der Waals surface area contributed by atoms with Crippen LogP contribution in [-0.4, -0.2) is 39.7 Å². The third kappa shape index (κ3) is 6.05. The van der Waals surface area contributed by atoms with Crippen LogP contribution in [0.2, 0.25) is 0 Å². The van der Waals surface area contributed by atoms with Gasteiger partial charge in [0.1, 0.15) is 29.9 Å². The smallest absolute Gasteiger partial charge is 0.368 e. The number of tetrazole rings is 1. The fourth-order valence-electron chi connectivity index (χ4n) is 4.58. The Kier molecular flexibility index (Phi) is 8.11. The van der Waals surface area contributed by atoms with Crippen LogP contribution < -0.4 is 5.69 Å². The normalized spacial score (nSPS) is 13.9. The van der Waals surface area contributed by atoms with Gasteiger partial charge >= 0.3 is 5.69 Å². The Morgan fingerprint density at radius 2 is 1.74 bits per heavy atom. The molecule has 2 atom stereocenters. The van der Waals surface area contributed by atoms with Crippen molar-refractivity contribution in [3.63, 3.8) is 0 Å². The summed E-state index contributed by atoms with van der Waals surface area (Å²) in [6.45, 7) is 1.58. The van der Waals surface area contributed by atoms with E-state index in [1.165, 1.54) is 29.5 Å². The quantitative estimate of drug-likeness (QED) is 0.248. The minimum atomic E-state index is -1.72. The first-order valence-electron chi connectivity index (χ1n) is 12.9. The summed E-state index contributed by atoms with van der Waals surface area (Å²) in [4.78, 5) is 16.6. The molecule has 5 aromatic rings. The van der Waals surface area contributed by atoms with E-state index in [9.17, 15) is 27.5 Å². The van der Waals surface area contributed by atoms with Gasteiger partial charge in [-0.2, -0.15) is 14.5 Å². The monoisotopic (exact) mass is 579 g/mol. The third-order valence-corrected chi connectivity index (χ3v) is 6.98. The Morgan fingerprint density at radius 3 is 2.43 bits per heavy atom. The Bertz CT molecular complexity index is 1770. The lowest BCUT2D eigenvalue weighted by Crippen LogP contribution is -2.39. The average Bonchev–Trinajstić information content (AvgIpc) is 3.60. The van der Waals surface area contributed by atoms with Gasteiger partial charge in [-0.05, 0) is 64.2 Å². The Hall–Kier alpha value is -4.91. The van der Waals surface area contributed by atoms with Crippen LogP contribution in [-0.2, 0) is 18.7 Å². The summed E-state index contributed by atoms with van der Waals surface area (Å²) >= 11 is 0. The summed E-state index contributed by atoms with van der Waals surface area (Å²) in [5.41, 5.74) is -0.749. The molecule has 1 N–H and O–H groups in total. The van der Waals surface area contributed by atoms with E-state index in [1.54, 1.807) is 37.3 Å². The number of rotatable bonds is 10. The van der Waals surface area contributed by atoms with Crippen LogP contribution in [0.1, 0.15) is 30.0 Å². The zero-order chi connectivity index (χ0) is 29.9. The molecule has 0 saturated heterocycles. The second-order valence-electron chi connectivity index (χ2n) is 9.85. The van der Waals surface area contributed by atoms with Gasteiger partial charge < -0.3 is 5.11 Å². The van der Waals surface area contributed by atoms with Gasteiger partial charge in [-0.1, -0.05) is 43.3 Å². The van der Waals surface area contributed by atoms with Gasteiger partial charge in [-0.3, -0.25) is 0 Å². The summed E-state index contributed by atoms with van der Waals surface area (Å²) in [6.07, 6.45) is 6.67. The van der Waals surface area contributed by atoms with Crippen molar-refractivity contribution in [3.8, 4) is 5.69 Å². The highest BCUT2D eigenvalue weighted by atomic mass is 19.2. The molecule has 0 aliphatic heterocycles. The van der Waals surface area contributed by atoms with Crippen molar-refractivity contribution in [1.82, 2.24) is 34.6 Å². The van der Waals surface area contributed by atoms with Gasteiger partial charge in [0.2, 0.25) is 0 Å². The number of hydrogen-bond acceptors (Lipinski definition) is 6. The van der Waals surface area contributed by atoms with Crippen LogP contribution >= 0.6 is 0 Å². The van der Waals surface area contributed by atoms with Crippen molar-refractivity contribution in [2.45, 2.75) is 32.0 Å². The van der Waals surface area contributed by atoms with E-state index < -0.39 is 40.5 Å². The van der Waals surface area contributed by atoms with E-state index in [0.717, 1.165) is 39.2 Å². The molecule has 0 radical (unpaired) electrons. The molecule has 0 bridgehead atoms. The maximum atomic E-state index is 14.7. The molecular formula is C29H25F4N7O2. The van der Waals surface area contributed by atoms with E-state index in [2.05, 4.69) is 20.5 Å². The maximum Gasteiger partial charge on any atom is 0.368 e. The van der Waals surface area contributed by atoms with Crippen molar-refractivity contribution in [3.05, 3.63) is 130 Å². The summed E-state index contributed by atoms with van der Waals surface area (Å²) in [6, 6.07) is 13.2. The molecule has 0 saturated carbocycles. The molecule has 0 fully saturated rings. The number of aromatic nitrogens is 7. The lowest BCUT2D eigenvalue weighted by molar-refractivity contribution is -0.0379. The molecule has 0 aliphatic carbocycles. The van der Waals surface area contributed by atoms with Gasteiger partial charge in [-0.15, -0.1) is 0 Å². The van der Waals surface area contributed by atoms with Crippen LogP contribution in [0.15, 0.2) is 84.2 Å². The van der Waals surface area contributed by atoms with Crippen LogP contribution in [0.5, 0.6) is 0 Å². The first-order chi connectivity index (χ1) is 20.1. The van der Waals surface area contributed by atoms with Crippen LogP contribution in [0.3, 0.4) is 0 Å². The minimum absolute atomic E-state index is 0.0484. The predicted octanol–water partition coefficient (Wildman–Crippen LogP) is 4.25. The van der Waals surface area contributed by atoms with Gasteiger partial charge in [0.05, 0.1) is 18.8 Å². The Labute approximate surface area is 237 Å². The summed E-state index contributed by atoms with van der Waals surface area (Å²) < 4.78 is 58.5. The number of halogens is 4. The highest BCUT2D eigenvalue weighted by Gasteiger charge is 2.38. The number of aliphatic hydroxyl groups is 1. The molecule has 0 spiro atoms. The first-order valence-corrected chi connectivity index (χ1v) is 12.9.